The molecule has 2 atom stereocenters. The molecule has 0 bridgehead atoms. The average Bonchev–Trinajstić information content (AvgIpc) is 2.78. The standard InChI is InChI=1S/C25H32O5/c1-3-5-7-12-23(4-2)30-24(28)25(18-29-19-26,21-10-8-6-9-11-21)17-20-13-15-22(27)16-14-20/h6,8-11,13-16,19,23,27H,3-5,7,12,17-18H2,1-2H3. The summed E-state index contributed by atoms with van der Waals surface area (Å²) in [6.45, 7) is 4.39. The summed E-state index contributed by atoms with van der Waals surface area (Å²) in [6, 6.07) is 16.0. The fraction of sp³-hybridized carbons (Fsp3) is 0.440. The monoisotopic (exact) mass is 412 g/mol. The lowest BCUT2D eigenvalue weighted by Gasteiger charge is -2.33. The van der Waals surface area contributed by atoms with E-state index in [9.17, 15) is 14.7 Å². The quantitative estimate of drug-likeness (QED) is 0.286. The lowest BCUT2D eigenvalue weighted by molar-refractivity contribution is -0.160. The molecule has 0 aromatic heterocycles. The molecule has 2 rings (SSSR count). The maximum atomic E-state index is 13.6. The van der Waals surface area contributed by atoms with E-state index < -0.39 is 11.4 Å². The third kappa shape index (κ3) is 6.34. The first-order chi connectivity index (χ1) is 14.6. The van der Waals surface area contributed by atoms with E-state index in [-0.39, 0.29) is 24.9 Å². The van der Waals surface area contributed by atoms with Gasteiger partial charge in [0.2, 0.25) is 0 Å². The number of rotatable bonds is 13. The van der Waals surface area contributed by atoms with Crippen LogP contribution in [0.4, 0.5) is 0 Å². The molecule has 0 fully saturated rings. The molecule has 2 aromatic carbocycles. The predicted molar refractivity (Wildman–Crippen MR) is 116 cm³/mol. The Hall–Kier alpha value is -2.82. The molecule has 2 aromatic rings. The van der Waals surface area contributed by atoms with Crippen LogP contribution in [0.25, 0.3) is 0 Å². The summed E-state index contributed by atoms with van der Waals surface area (Å²) >= 11 is 0. The van der Waals surface area contributed by atoms with Crippen molar-refractivity contribution in [3.05, 3.63) is 65.7 Å². The number of aromatic hydroxyl groups is 1. The van der Waals surface area contributed by atoms with Gasteiger partial charge >= 0.3 is 5.97 Å². The van der Waals surface area contributed by atoms with E-state index >= 15 is 0 Å². The van der Waals surface area contributed by atoms with Gasteiger partial charge in [-0.3, -0.25) is 9.59 Å². The van der Waals surface area contributed by atoms with Gasteiger partial charge in [0, 0.05) is 0 Å². The SMILES string of the molecule is CCCCCC(CC)OC(=O)C(COC=O)(Cc1ccc(O)cc1)c1ccccc1. The molecule has 0 aliphatic carbocycles. The maximum absolute atomic E-state index is 13.6. The number of unbranched alkanes of at least 4 members (excludes halogenated alkanes) is 2. The topological polar surface area (TPSA) is 72.8 Å². The van der Waals surface area contributed by atoms with Gasteiger partial charge in [0.15, 0.2) is 0 Å². The summed E-state index contributed by atoms with van der Waals surface area (Å²) in [5, 5.41) is 9.61. The zero-order valence-corrected chi connectivity index (χ0v) is 17.9. The second-order valence-electron chi connectivity index (χ2n) is 7.63. The summed E-state index contributed by atoms with van der Waals surface area (Å²) in [5.74, 6) is -0.246. The van der Waals surface area contributed by atoms with E-state index in [2.05, 4.69) is 6.92 Å². The van der Waals surface area contributed by atoms with Crippen molar-refractivity contribution >= 4 is 12.4 Å². The number of hydrogen-bond donors (Lipinski definition) is 1. The predicted octanol–water partition coefficient (Wildman–Crippen LogP) is 4.95. The van der Waals surface area contributed by atoms with Crippen LogP contribution in [0.1, 0.15) is 57.1 Å². The minimum atomic E-state index is -1.17. The molecular weight excluding hydrogens is 380 g/mol. The van der Waals surface area contributed by atoms with E-state index in [0.29, 0.717) is 6.47 Å². The number of phenols is 1. The second-order valence-corrected chi connectivity index (χ2v) is 7.63. The Kier molecular flexibility index (Phi) is 9.39. The zero-order valence-electron chi connectivity index (χ0n) is 17.9. The highest BCUT2D eigenvalue weighted by Crippen LogP contribution is 2.32. The van der Waals surface area contributed by atoms with Gasteiger partial charge in [-0.1, -0.05) is 69.2 Å². The van der Waals surface area contributed by atoms with Crippen molar-refractivity contribution in [1.82, 2.24) is 0 Å². The first-order valence-electron chi connectivity index (χ1n) is 10.7. The summed E-state index contributed by atoms with van der Waals surface area (Å²) in [4.78, 5) is 24.6. The van der Waals surface area contributed by atoms with E-state index in [1.807, 2.05) is 37.3 Å². The highest BCUT2D eigenvalue weighted by Gasteiger charge is 2.44. The maximum Gasteiger partial charge on any atom is 0.320 e. The summed E-state index contributed by atoms with van der Waals surface area (Å²) in [5.41, 5.74) is 0.396. The number of carbonyl (C=O) groups excluding carboxylic acids is 2. The Morgan fingerprint density at radius 1 is 1.07 bits per heavy atom. The molecule has 0 aliphatic rings. The van der Waals surface area contributed by atoms with Crippen LogP contribution >= 0.6 is 0 Å². The molecular formula is C25H32O5. The summed E-state index contributed by atoms with van der Waals surface area (Å²) in [6.07, 6.45) is 4.86. The molecule has 5 heteroatoms. The normalized spacial score (nSPS) is 13.8. The van der Waals surface area contributed by atoms with Crippen molar-refractivity contribution in [1.29, 1.82) is 0 Å². The number of carbonyl (C=O) groups is 2. The zero-order chi connectivity index (χ0) is 21.8. The fourth-order valence-corrected chi connectivity index (χ4v) is 3.61. The number of phenolic OH excluding ortho intramolecular Hbond substituents is 1. The van der Waals surface area contributed by atoms with E-state index in [1.54, 1.807) is 24.3 Å². The highest BCUT2D eigenvalue weighted by atomic mass is 16.6. The second kappa shape index (κ2) is 12.0. The first-order valence-corrected chi connectivity index (χ1v) is 10.7. The molecule has 0 spiro atoms. The molecule has 5 nitrogen and oxygen atoms in total. The van der Waals surface area contributed by atoms with Crippen LogP contribution < -0.4 is 0 Å². The number of benzene rings is 2. The molecule has 162 valence electrons. The van der Waals surface area contributed by atoms with Crippen molar-refractivity contribution < 1.29 is 24.2 Å². The molecule has 0 amide bonds. The van der Waals surface area contributed by atoms with E-state index in [1.165, 1.54) is 0 Å². The molecule has 1 N–H and O–H groups in total. The van der Waals surface area contributed by atoms with Gasteiger partial charge in [0.25, 0.3) is 6.47 Å². The van der Waals surface area contributed by atoms with Crippen molar-refractivity contribution in [2.75, 3.05) is 6.61 Å². The van der Waals surface area contributed by atoms with Gasteiger partial charge in [0.1, 0.15) is 23.9 Å². The first kappa shape index (κ1) is 23.5. The van der Waals surface area contributed by atoms with Gasteiger partial charge in [-0.05, 0) is 48.9 Å². The molecule has 0 heterocycles. The Morgan fingerprint density at radius 3 is 2.37 bits per heavy atom. The molecule has 2 unspecified atom stereocenters. The summed E-state index contributed by atoms with van der Waals surface area (Å²) in [7, 11) is 0. The molecule has 0 saturated carbocycles. The van der Waals surface area contributed by atoms with Gasteiger partial charge < -0.3 is 14.6 Å². The lowest BCUT2D eigenvalue weighted by Crippen LogP contribution is -2.45. The molecule has 0 saturated heterocycles. The minimum absolute atomic E-state index is 0.119. The Labute approximate surface area is 179 Å². The van der Waals surface area contributed by atoms with Crippen LogP contribution in [0.5, 0.6) is 5.75 Å². The molecule has 30 heavy (non-hydrogen) atoms. The van der Waals surface area contributed by atoms with Crippen LogP contribution in [0.15, 0.2) is 54.6 Å². The van der Waals surface area contributed by atoms with Crippen LogP contribution in [0.2, 0.25) is 0 Å². The van der Waals surface area contributed by atoms with Crippen LogP contribution in [0, 0.1) is 0 Å². The van der Waals surface area contributed by atoms with E-state index in [4.69, 9.17) is 9.47 Å². The van der Waals surface area contributed by atoms with E-state index in [0.717, 1.165) is 43.2 Å². The van der Waals surface area contributed by atoms with Crippen molar-refractivity contribution in [3.8, 4) is 5.75 Å². The van der Waals surface area contributed by atoms with Crippen LogP contribution in [0.3, 0.4) is 0 Å². The largest absolute Gasteiger partial charge is 0.508 e. The Bertz CT molecular complexity index is 772. The average molecular weight is 413 g/mol. The third-order valence-corrected chi connectivity index (χ3v) is 5.42. The van der Waals surface area contributed by atoms with Crippen molar-refractivity contribution in [2.24, 2.45) is 0 Å². The minimum Gasteiger partial charge on any atom is -0.508 e. The number of esters is 1. The van der Waals surface area contributed by atoms with Crippen molar-refractivity contribution in [3.63, 3.8) is 0 Å². The third-order valence-electron chi connectivity index (χ3n) is 5.42. The van der Waals surface area contributed by atoms with Gasteiger partial charge in [-0.15, -0.1) is 0 Å². The Morgan fingerprint density at radius 2 is 1.77 bits per heavy atom. The number of hydrogen-bond acceptors (Lipinski definition) is 5. The molecule has 0 radical (unpaired) electrons. The van der Waals surface area contributed by atoms with Gasteiger partial charge in [0.05, 0.1) is 0 Å². The smallest absolute Gasteiger partial charge is 0.320 e. The fourth-order valence-electron chi connectivity index (χ4n) is 3.61. The van der Waals surface area contributed by atoms with Gasteiger partial charge in [-0.25, -0.2) is 0 Å². The van der Waals surface area contributed by atoms with Crippen LogP contribution in [-0.4, -0.2) is 30.3 Å². The lowest BCUT2D eigenvalue weighted by atomic mass is 9.76. The highest BCUT2D eigenvalue weighted by molar-refractivity contribution is 5.84. The van der Waals surface area contributed by atoms with Gasteiger partial charge in [-0.2, -0.15) is 0 Å². The molecule has 0 aliphatic heterocycles. The van der Waals surface area contributed by atoms with Crippen molar-refractivity contribution in [2.45, 2.75) is 63.9 Å². The Balaban J connectivity index is 2.39. The number of ether oxygens (including phenoxy) is 2. The summed E-state index contributed by atoms with van der Waals surface area (Å²) < 4.78 is 11.1. The van der Waals surface area contributed by atoms with Crippen LogP contribution in [-0.2, 0) is 30.9 Å².